The quantitative estimate of drug-likeness (QED) is 0.545. The molecule has 1 atom stereocenters. The van der Waals surface area contributed by atoms with Crippen LogP contribution in [-0.4, -0.2) is 34.2 Å². The van der Waals surface area contributed by atoms with Gasteiger partial charge in [-0.1, -0.05) is 18.7 Å². The van der Waals surface area contributed by atoms with Crippen LogP contribution in [0.5, 0.6) is 0 Å². The molecule has 0 saturated carbocycles. The van der Waals surface area contributed by atoms with Gasteiger partial charge in [-0.25, -0.2) is 9.97 Å². The van der Waals surface area contributed by atoms with Crippen LogP contribution in [-0.2, 0) is 4.79 Å². The lowest BCUT2D eigenvalue weighted by Gasteiger charge is -2.14. The zero-order valence-corrected chi connectivity index (χ0v) is 11.7. The van der Waals surface area contributed by atoms with Gasteiger partial charge in [0.2, 0.25) is 5.91 Å². The third-order valence-corrected chi connectivity index (χ3v) is 3.29. The second-order valence-corrected chi connectivity index (χ2v) is 5.15. The summed E-state index contributed by atoms with van der Waals surface area (Å²) in [5.41, 5.74) is 6.38. The molecule has 1 aromatic heterocycles. The zero-order valence-electron chi connectivity index (χ0n) is 10.8. The van der Waals surface area contributed by atoms with Crippen molar-refractivity contribution in [3.8, 4) is 0 Å². The van der Waals surface area contributed by atoms with Gasteiger partial charge in [-0.15, -0.1) is 0 Å². The minimum absolute atomic E-state index is 0.261. The van der Waals surface area contributed by atoms with Crippen molar-refractivity contribution in [3.63, 3.8) is 0 Å². The molecule has 100 valence electrons. The molecule has 1 rings (SSSR count). The van der Waals surface area contributed by atoms with Crippen molar-refractivity contribution in [2.45, 2.75) is 37.9 Å². The van der Waals surface area contributed by atoms with Crippen molar-refractivity contribution < 1.29 is 4.79 Å². The van der Waals surface area contributed by atoms with Crippen LogP contribution in [0, 0.1) is 6.92 Å². The third kappa shape index (κ3) is 5.46. The Morgan fingerprint density at radius 3 is 2.72 bits per heavy atom. The maximum atomic E-state index is 11.2. The number of primary amides is 1. The smallest absolute Gasteiger partial charge is 0.234 e. The van der Waals surface area contributed by atoms with Gasteiger partial charge in [-0.3, -0.25) is 4.79 Å². The van der Waals surface area contributed by atoms with E-state index in [-0.39, 0.29) is 11.9 Å². The van der Waals surface area contributed by atoms with E-state index in [4.69, 9.17) is 5.73 Å². The number of amides is 1. The van der Waals surface area contributed by atoms with Crippen molar-refractivity contribution in [2.75, 3.05) is 12.3 Å². The number of hydrogen-bond donors (Lipinski definition) is 2. The summed E-state index contributed by atoms with van der Waals surface area (Å²) in [6.45, 7) is 4.81. The maximum Gasteiger partial charge on any atom is 0.234 e. The first-order valence-electron chi connectivity index (χ1n) is 6.07. The predicted molar refractivity (Wildman–Crippen MR) is 73.4 cm³/mol. The van der Waals surface area contributed by atoms with E-state index in [2.05, 4.69) is 22.2 Å². The fraction of sp³-hybridized carbons (Fsp3) is 0.583. The Kier molecular flexibility index (Phi) is 6.67. The molecule has 0 aliphatic rings. The number of thioether (sulfide) groups is 1. The fourth-order valence-electron chi connectivity index (χ4n) is 1.39. The lowest BCUT2D eigenvalue weighted by molar-refractivity contribution is -0.120. The van der Waals surface area contributed by atoms with Crippen molar-refractivity contribution in [1.82, 2.24) is 15.3 Å². The molecule has 1 aromatic rings. The van der Waals surface area contributed by atoms with Gasteiger partial charge < -0.3 is 11.1 Å². The maximum absolute atomic E-state index is 11.2. The van der Waals surface area contributed by atoms with Gasteiger partial charge in [0, 0.05) is 18.1 Å². The largest absolute Gasteiger partial charge is 0.368 e. The van der Waals surface area contributed by atoms with Gasteiger partial charge in [-0.05, 0) is 31.9 Å². The summed E-state index contributed by atoms with van der Waals surface area (Å²) in [5, 5.41) is 3.87. The second kappa shape index (κ2) is 8.05. The first kappa shape index (κ1) is 14.9. The van der Waals surface area contributed by atoms with Crippen molar-refractivity contribution in [3.05, 3.63) is 18.0 Å². The molecule has 1 unspecified atom stereocenters. The summed E-state index contributed by atoms with van der Waals surface area (Å²) in [6, 6.07) is -0.261. The van der Waals surface area contributed by atoms with Crippen LogP contribution in [0.15, 0.2) is 17.6 Å². The third-order valence-electron chi connectivity index (χ3n) is 2.38. The summed E-state index contributed by atoms with van der Waals surface area (Å²) in [5.74, 6) is 0.474. The highest BCUT2D eigenvalue weighted by molar-refractivity contribution is 7.99. The van der Waals surface area contributed by atoms with E-state index in [0.29, 0.717) is 6.42 Å². The molecule has 0 aromatic carbocycles. The van der Waals surface area contributed by atoms with E-state index in [9.17, 15) is 4.79 Å². The summed E-state index contributed by atoms with van der Waals surface area (Å²) in [4.78, 5) is 19.6. The summed E-state index contributed by atoms with van der Waals surface area (Å²) < 4.78 is 0. The van der Waals surface area contributed by atoms with E-state index >= 15 is 0 Å². The average molecular weight is 268 g/mol. The van der Waals surface area contributed by atoms with Crippen molar-refractivity contribution >= 4 is 17.7 Å². The number of nitrogens with one attached hydrogen (secondary N) is 1. The number of carbonyl (C=O) groups is 1. The van der Waals surface area contributed by atoms with E-state index in [1.807, 2.05) is 6.92 Å². The minimum atomic E-state index is -0.297. The van der Waals surface area contributed by atoms with Crippen LogP contribution in [0.25, 0.3) is 0 Å². The number of aromatic nitrogens is 2. The Labute approximate surface area is 112 Å². The molecular weight excluding hydrogens is 248 g/mol. The molecule has 0 spiro atoms. The first-order chi connectivity index (χ1) is 8.63. The molecule has 3 N–H and O–H groups in total. The van der Waals surface area contributed by atoms with Crippen LogP contribution in [0.2, 0.25) is 0 Å². The van der Waals surface area contributed by atoms with Crippen molar-refractivity contribution in [1.29, 1.82) is 0 Å². The number of hydrogen-bond acceptors (Lipinski definition) is 5. The molecule has 6 heteroatoms. The standard InChI is InChI=1S/C12H20N4OS/c1-3-5-14-10(11(13)17)4-6-18-12-15-7-9(2)8-16-12/h7-8,10,14H,3-6H2,1-2H3,(H2,13,17). The Morgan fingerprint density at radius 2 is 2.17 bits per heavy atom. The lowest BCUT2D eigenvalue weighted by Crippen LogP contribution is -2.41. The molecule has 0 bridgehead atoms. The molecule has 0 aliphatic heterocycles. The monoisotopic (exact) mass is 268 g/mol. The van der Waals surface area contributed by atoms with E-state index in [1.165, 1.54) is 11.8 Å². The molecule has 0 saturated heterocycles. The van der Waals surface area contributed by atoms with Crippen LogP contribution in [0.1, 0.15) is 25.3 Å². The molecular formula is C12H20N4OS. The van der Waals surface area contributed by atoms with E-state index in [1.54, 1.807) is 12.4 Å². The normalized spacial score (nSPS) is 12.3. The van der Waals surface area contributed by atoms with Gasteiger partial charge in [-0.2, -0.15) is 0 Å². The Bertz CT molecular complexity index is 369. The first-order valence-corrected chi connectivity index (χ1v) is 7.06. The Balaban J connectivity index is 2.34. The highest BCUT2D eigenvalue weighted by Crippen LogP contribution is 2.14. The average Bonchev–Trinajstić information content (AvgIpc) is 2.35. The fourth-order valence-corrected chi connectivity index (χ4v) is 2.18. The molecule has 0 fully saturated rings. The molecule has 0 aliphatic carbocycles. The van der Waals surface area contributed by atoms with Gasteiger partial charge in [0.1, 0.15) is 0 Å². The summed E-state index contributed by atoms with van der Waals surface area (Å²) in [7, 11) is 0. The highest BCUT2D eigenvalue weighted by Gasteiger charge is 2.13. The molecule has 18 heavy (non-hydrogen) atoms. The number of nitrogens with zero attached hydrogens (tertiary/aromatic N) is 2. The number of aryl methyl sites for hydroxylation is 1. The zero-order chi connectivity index (χ0) is 13.4. The SMILES string of the molecule is CCCNC(CCSc1ncc(C)cn1)C(N)=O. The van der Waals surface area contributed by atoms with E-state index < -0.39 is 0 Å². The predicted octanol–water partition coefficient (Wildman–Crippen LogP) is 1.12. The highest BCUT2D eigenvalue weighted by atomic mass is 32.2. The topological polar surface area (TPSA) is 80.9 Å². The van der Waals surface area contributed by atoms with Crippen LogP contribution in [0.3, 0.4) is 0 Å². The molecule has 0 radical (unpaired) electrons. The summed E-state index contributed by atoms with van der Waals surface area (Å²) >= 11 is 1.54. The minimum Gasteiger partial charge on any atom is -0.368 e. The number of nitrogens with two attached hydrogens (primary N) is 1. The molecule has 1 amide bonds. The van der Waals surface area contributed by atoms with Gasteiger partial charge in [0.15, 0.2) is 5.16 Å². The van der Waals surface area contributed by atoms with Gasteiger partial charge in [0.25, 0.3) is 0 Å². The van der Waals surface area contributed by atoms with Crippen LogP contribution >= 0.6 is 11.8 Å². The van der Waals surface area contributed by atoms with Crippen LogP contribution < -0.4 is 11.1 Å². The lowest BCUT2D eigenvalue weighted by atomic mass is 10.2. The number of rotatable bonds is 8. The number of carbonyl (C=O) groups excluding carboxylic acids is 1. The second-order valence-electron chi connectivity index (χ2n) is 4.09. The molecule has 1 heterocycles. The van der Waals surface area contributed by atoms with Gasteiger partial charge >= 0.3 is 0 Å². The Morgan fingerprint density at radius 1 is 1.50 bits per heavy atom. The summed E-state index contributed by atoms with van der Waals surface area (Å²) in [6.07, 6.45) is 5.25. The van der Waals surface area contributed by atoms with Crippen molar-refractivity contribution in [2.24, 2.45) is 5.73 Å². The molecule has 5 nitrogen and oxygen atoms in total. The Hall–Kier alpha value is -1.14. The van der Waals surface area contributed by atoms with E-state index in [0.717, 1.165) is 29.4 Å². The van der Waals surface area contributed by atoms with Gasteiger partial charge in [0.05, 0.1) is 6.04 Å². The van der Waals surface area contributed by atoms with Crippen LogP contribution in [0.4, 0.5) is 0 Å².